The lowest BCUT2D eigenvalue weighted by atomic mass is 10.0. The number of rotatable bonds is 2. The molecule has 0 aromatic heterocycles. The molecule has 130 valence electrons. The average Bonchev–Trinajstić information content (AvgIpc) is 2.63. The molecule has 26 heavy (non-hydrogen) atoms. The summed E-state index contributed by atoms with van der Waals surface area (Å²) in [5.41, 5.74) is 0.539. The first-order valence-corrected chi connectivity index (χ1v) is 8.37. The quantitative estimate of drug-likeness (QED) is 0.692. The minimum Gasteiger partial charge on any atom is -0.466 e. The number of amides is 2. The van der Waals surface area contributed by atoms with E-state index in [4.69, 9.17) is 4.74 Å². The SMILES string of the molecule is Cc1ccc2c(c1)NC(=O)C(C)(C(=O)Nc1ccc3ccccc3c1)O2. The summed E-state index contributed by atoms with van der Waals surface area (Å²) in [7, 11) is 0. The molecule has 5 nitrogen and oxygen atoms in total. The largest absolute Gasteiger partial charge is 0.466 e. The molecule has 0 aliphatic carbocycles. The van der Waals surface area contributed by atoms with E-state index in [0.29, 0.717) is 17.1 Å². The third-order valence-electron chi connectivity index (χ3n) is 4.57. The zero-order valence-corrected chi connectivity index (χ0v) is 14.5. The van der Waals surface area contributed by atoms with Crippen LogP contribution >= 0.6 is 0 Å². The van der Waals surface area contributed by atoms with Crippen LogP contribution in [0, 0.1) is 6.92 Å². The van der Waals surface area contributed by atoms with E-state index in [-0.39, 0.29) is 0 Å². The van der Waals surface area contributed by atoms with Crippen molar-refractivity contribution in [3.63, 3.8) is 0 Å². The standard InChI is InChI=1S/C21H18N2O3/c1-13-7-10-18-17(11-13)23-20(25)21(2,26-18)19(24)22-16-9-8-14-5-3-4-6-15(14)12-16/h3-12H,1-2H3,(H,22,24)(H,23,25). The van der Waals surface area contributed by atoms with Crippen molar-refractivity contribution in [3.05, 3.63) is 66.2 Å². The molecule has 2 N–H and O–H groups in total. The van der Waals surface area contributed by atoms with Gasteiger partial charge < -0.3 is 15.4 Å². The Morgan fingerprint density at radius 2 is 1.81 bits per heavy atom. The highest BCUT2D eigenvalue weighted by Crippen LogP contribution is 2.35. The van der Waals surface area contributed by atoms with Crippen LogP contribution in [-0.4, -0.2) is 17.4 Å². The van der Waals surface area contributed by atoms with Crippen LogP contribution in [0.5, 0.6) is 5.75 Å². The summed E-state index contributed by atoms with van der Waals surface area (Å²) in [6.07, 6.45) is 0. The number of benzene rings is 3. The van der Waals surface area contributed by atoms with Gasteiger partial charge in [0.25, 0.3) is 17.4 Å². The van der Waals surface area contributed by atoms with Crippen LogP contribution in [0.2, 0.25) is 0 Å². The Balaban J connectivity index is 1.62. The number of fused-ring (bicyclic) bond motifs is 2. The maximum absolute atomic E-state index is 12.8. The smallest absolute Gasteiger partial charge is 0.278 e. The number of hydrogen-bond donors (Lipinski definition) is 2. The molecule has 5 heteroatoms. The highest BCUT2D eigenvalue weighted by Gasteiger charge is 2.47. The molecular formula is C21H18N2O3. The van der Waals surface area contributed by atoms with Gasteiger partial charge in [-0.2, -0.15) is 0 Å². The Kier molecular flexibility index (Phi) is 3.65. The molecular weight excluding hydrogens is 328 g/mol. The first-order chi connectivity index (χ1) is 12.5. The van der Waals surface area contributed by atoms with Crippen LogP contribution in [-0.2, 0) is 9.59 Å². The van der Waals surface area contributed by atoms with Crippen molar-refractivity contribution in [2.75, 3.05) is 10.6 Å². The van der Waals surface area contributed by atoms with E-state index in [1.165, 1.54) is 6.92 Å². The second-order valence-corrected chi connectivity index (χ2v) is 6.61. The van der Waals surface area contributed by atoms with E-state index in [1.54, 1.807) is 6.07 Å². The van der Waals surface area contributed by atoms with Gasteiger partial charge in [-0.25, -0.2) is 0 Å². The molecule has 1 aliphatic rings. The number of anilines is 2. The van der Waals surface area contributed by atoms with Crippen molar-refractivity contribution in [1.82, 2.24) is 0 Å². The number of aryl methyl sites for hydroxylation is 1. The van der Waals surface area contributed by atoms with E-state index in [0.717, 1.165) is 16.3 Å². The van der Waals surface area contributed by atoms with Crippen molar-refractivity contribution in [1.29, 1.82) is 0 Å². The maximum atomic E-state index is 12.8. The monoisotopic (exact) mass is 346 g/mol. The molecule has 1 unspecified atom stereocenters. The van der Waals surface area contributed by atoms with E-state index >= 15 is 0 Å². The molecule has 0 saturated carbocycles. The van der Waals surface area contributed by atoms with Gasteiger partial charge in [0, 0.05) is 5.69 Å². The first kappa shape index (κ1) is 16.1. The molecule has 0 radical (unpaired) electrons. The van der Waals surface area contributed by atoms with Crippen LogP contribution in [0.15, 0.2) is 60.7 Å². The number of carbonyl (C=O) groups is 2. The van der Waals surface area contributed by atoms with Crippen LogP contribution < -0.4 is 15.4 Å². The van der Waals surface area contributed by atoms with Crippen molar-refractivity contribution in [3.8, 4) is 5.75 Å². The lowest BCUT2D eigenvalue weighted by molar-refractivity contribution is -0.143. The Labute approximate surface area is 151 Å². The van der Waals surface area contributed by atoms with Crippen LogP contribution in [0.1, 0.15) is 12.5 Å². The van der Waals surface area contributed by atoms with Crippen molar-refractivity contribution in [2.24, 2.45) is 0 Å². The van der Waals surface area contributed by atoms with Crippen LogP contribution in [0.4, 0.5) is 11.4 Å². The average molecular weight is 346 g/mol. The number of hydrogen-bond acceptors (Lipinski definition) is 3. The number of nitrogens with one attached hydrogen (secondary N) is 2. The molecule has 1 aliphatic heterocycles. The second kappa shape index (κ2) is 5.88. The fraction of sp³-hybridized carbons (Fsp3) is 0.143. The zero-order valence-electron chi connectivity index (χ0n) is 14.5. The molecule has 3 aromatic carbocycles. The van der Waals surface area contributed by atoms with Crippen molar-refractivity contribution in [2.45, 2.75) is 19.4 Å². The minimum absolute atomic E-state index is 0.478. The highest BCUT2D eigenvalue weighted by molar-refractivity contribution is 6.19. The fourth-order valence-corrected chi connectivity index (χ4v) is 3.01. The van der Waals surface area contributed by atoms with Gasteiger partial charge in [0.05, 0.1) is 5.69 Å². The van der Waals surface area contributed by atoms with E-state index in [1.807, 2.05) is 61.5 Å². The Morgan fingerprint density at radius 1 is 1.04 bits per heavy atom. The number of carbonyl (C=O) groups excluding carboxylic acids is 2. The summed E-state index contributed by atoms with van der Waals surface area (Å²) < 4.78 is 5.78. The molecule has 0 saturated heterocycles. The van der Waals surface area contributed by atoms with Gasteiger partial charge in [-0.1, -0.05) is 36.4 Å². The van der Waals surface area contributed by atoms with Crippen LogP contribution in [0.25, 0.3) is 10.8 Å². The molecule has 1 atom stereocenters. The van der Waals surface area contributed by atoms with Crippen molar-refractivity contribution >= 4 is 34.0 Å². The van der Waals surface area contributed by atoms with Gasteiger partial charge in [-0.15, -0.1) is 0 Å². The van der Waals surface area contributed by atoms with E-state index in [9.17, 15) is 9.59 Å². The normalized spacial score (nSPS) is 18.6. The molecule has 3 aromatic rings. The minimum atomic E-state index is -1.64. The van der Waals surface area contributed by atoms with E-state index < -0.39 is 17.4 Å². The fourth-order valence-electron chi connectivity index (χ4n) is 3.01. The summed E-state index contributed by atoms with van der Waals surface area (Å²) in [6, 6.07) is 18.9. The third kappa shape index (κ3) is 2.67. The molecule has 0 spiro atoms. The molecule has 0 bridgehead atoms. The van der Waals surface area contributed by atoms with Gasteiger partial charge in [-0.05, 0) is 54.4 Å². The highest BCUT2D eigenvalue weighted by atomic mass is 16.5. The van der Waals surface area contributed by atoms with Gasteiger partial charge in [0.2, 0.25) is 0 Å². The van der Waals surface area contributed by atoms with Gasteiger partial charge in [0.1, 0.15) is 5.75 Å². The Bertz CT molecular complexity index is 1040. The van der Waals surface area contributed by atoms with E-state index in [2.05, 4.69) is 10.6 Å². The maximum Gasteiger partial charge on any atom is 0.278 e. The van der Waals surface area contributed by atoms with Crippen molar-refractivity contribution < 1.29 is 14.3 Å². The predicted octanol–water partition coefficient (Wildman–Crippen LogP) is 3.88. The third-order valence-corrected chi connectivity index (χ3v) is 4.57. The predicted molar refractivity (Wildman–Crippen MR) is 101 cm³/mol. The summed E-state index contributed by atoms with van der Waals surface area (Å²) in [4.78, 5) is 25.4. The number of ether oxygens (including phenoxy) is 1. The first-order valence-electron chi connectivity index (χ1n) is 8.37. The van der Waals surface area contributed by atoms with Gasteiger partial charge in [-0.3, -0.25) is 9.59 Å². The zero-order chi connectivity index (χ0) is 18.3. The summed E-state index contributed by atoms with van der Waals surface area (Å²) in [5, 5.41) is 7.64. The van der Waals surface area contributed by atoms with Gasteiger partial charge in [0.15, 0.2) is 0 Å². The summed E-state index contributed by atoms with van der Waals surface area (Å²) >= 11 is 0. The van der Waals surface area contributed by atoms with Gasteiger partial charge >= 0.3 is 0 Å². The molecule has 2 amide bonds. The summed E-state index contributed by atoms with van der Waals surface area (Å²) in [5.74, 6) is -0.531. The molecule has 4 rings (SSSR count). The Hall–Kier alpha value is -3.34. The molecule has 0 fully saturated rings. The lowest BCUT2D eigenvalue weighted by Crippen LogP contribution is -2.56. The molecule has 1 heterocycles. The van der Waals surface area contributed by atoms with Crippen LogP contribution in [0.3, 0.4) is 0 Å². The Morgan fingerprint density at radius 3 is 2.62 bits per heavy atom. The lowest BCUT2D eigenvalue weighted by Gasteiger charge is -2.33. The second-order valence-electron chi connectivity index (χ2n) is 6.61. The summed E-state index contributed by atoms with van der Waals surface area (Å²) in [6.45, 7) is 3.40. The topological polar surface area (TPSA) is 67.4 Å².